The number of aromatic nitrogens is 3. The van der Waals surface area contributed by atoms with E-state index in [2.05, 4.69) is 35.0 Å². The third-order valence-electron chi connectivity index (χ3n) is 4.50. The van der Waals surface area contributed by atoms with E-state index in [1.54, 1.807) is 7.11 Å². The molecule has 1 aliphatic heterocycles. The Kier molecular flexibility index (Phi) is 5.16. The Bertz CT molecular complexity index is 698. The van der Waals surface area contributed by atoms with Gasteiger partial charge < -0.3 is 9.47 Å². The van der Waals surface area contributed by atoms with Crippen molar-refractivity contribution < 1.29 is 9.47 Å². The van der Waals surface area contributed by atoms with Crippen LogP contribution in [0.3, 0.4) is 0 Å². The quantitative estimate of drug-likeness (QED) is 0.840. The minimum absolute atomic E-state index is 0.158. The van der Waals surface area contributed by atoms with Crippen molar-refractivity contribution in [1.29, 1.82) is 0 Å². The van der Waals surface area contributed by atoms with E-state index in [4.69, 9.17) is 9.47 Å². The number of aryl methyl sites for hydroxylation is 2. The fourth-order valence-corrected chi connectivity index (χ4v) is 3.25. The highest BCUT2D eigenvalue weighted by Crippen LogP contribution is 2.25. The van der Waals surface area contributed by atoms with Crippen molar-refractivity contribution in [3.63, 3.8) is 0 Å². The first kappa shape index (κ1) is 16.9. The third-order valence-corrected chi connectivity index (χ3v) is 4.50. The van der Waals surface area contributed by atoms with Crippen molar-refractivity contribution in [3.8, 4) is 5.75 Å². The molecule has 0 spiro atoms. The van der Waals surface area contributed by atoms with Crippen molar-refractivity contribution in [2.75, 3.05) is 26.8 Å². The van der Waals surface area contributed by atoms with E-state index in [1.165, 1.54) is 5.56 Å². The summed E-state index contributed by atoms with van der Waals surface area (Å²) in [4.78, 5) is 7.01. The molecule has 1 saturated heterocycles. The van der Waals surface area contributed by atoms with Gasteiger partial charge in [-0.3, -0.25) is 14.6 Å². The topological polar surface area (TPSA) is 52.4 Å². The minimum atomic E-state index is 0.158. The summed E-state index contributed by atoms with van der Waals surface area (Å²) >= 11 is 0. The van der Waals surface area contributed by atoms with E-state index in [0.29, 0.717) is 0 Å². The number of morpholine rings is 1. The summed E-state index contributed by atoms with van der Waals surface area (Å²) in [5, 5.41) is 4.35. The molecule has 0 saturated carbocycles. The summed E-state index contributed by atoms with van der Waals surface area (Å²) in [7, 11) is 1.72. The van der Waals surface area contributed by atoms with Gasteiger partial charge in [0.1, 0.15) is 5.75 Å². The predicted octanol–water partition coefficient (Wildman–Crippen LogP) is 2.11. The zero-order chi connectivity index (χ0) is 17.1. The first-order chi connectivity index (χ1) is 11.6. The van der Waals surface area contributed by atoms with Crippen molar-refractivity contribution in [2.24, 2.45) is 0 Å². The van der Waals surface area contributed by atoms with Gasteiger partial charge in [-0.25, -0.2) is 0 Å². The van der Waals surface area contributed by atoms with Crippen LogP contribution in [-0.2, 0) is 17.8 Å². The molecule has 0 unspecified atom stereocenters. The van der Waals surface area contributed by atoms with Crippen molar-refractivity contribution in [3.05, 3.63) is 41.0 Å². The minimum Gasteiger partial charge on any atom is -0.496 e. The van der Waals surface area contributed by atoms with E-state index in [1.807, 2.05) is 24.0 Å². The van der Waals surface area contributed by atoms with Crippen molar-refractivity contribution in [2.45, 2.75) is 40.0 Å². The SMILES string of the molecule is COc1c(C)cnc(CN2CCO[C@H](Cn3cc(C)cn3)C2)c1C. The monoisotopic (exact) mass is 330 g/mol. The van der Waals surface area contributed by atoms with Crippen LogP contribution in [-0.4, -0.2) is 52.6 Å². The van der Waals surface area contributed by atoms with Crippen molar-refractivity contribution in [1.82, 2.24) is 19.7 Å². The molecule has 0 aromatic carbocycles. The van der Waals surface area contributed by atoms with Crippen LogP contribution in [0.1, 0.15) is 22.4 Å². The van der Waals surface area contributed by atoms with Gasteiger partial charge in [-0.05, 0) is 26.3 Å². The molecule has 130 valence electrons. The van der Waals surface area contributed by atoms with E-state index in [0.717, 1.165) is 55.4 Å². The molecule has 0 amide bonds. The lowest BCUT2D eigenvalue weighted by molar-refractivity contribution is -0.0406. The lowest BCUT2D eigenvalue weighted by atomic mass is 10.1. The van der Waals surface area contributed by atoms with Gasteiger partial charge in [0.2, 0.25) is 0 Å². The van der Waals surface area contributed by atoms with Gasteiger partial charge in [0.05, 0.1) is 38.3 Å². The predicted molar refractivity (Wildman–Crippen MR) is 92.2 cm³/mol. The number of hydrogen-bond acceptors (Lipinski definition) is 5. The van der Waals surface area contributed by atoms with Gasteiger partial charge in [-0.15, -0.1) is 0 Å². The van der Waals surface area contributed by atoms with Crippen LogP contribution >= 0.6 is 0 Å². The summed E-state index contributed by atoms with van der Waals surface area (Å²) in [6, 6.07) is 0. The number of rotatable bonds is 5. The summed E-state index contributed by atoms with van der Waals surface area (Å²) < 4.78 is 13.4. The smallest absolute Gasteiger partial charge is 0.128 e. The average molecular weight is 330 g/mol. The summed E-state index contributed by atoms with van der Waals surface area (Å²) in [6.45, 7) is 10.3. The highest BCUT2D eigenvalue weighted by atomic mass is 16.5. The second-order valence-electron chi connectivity index (χ2n) is 6.51. The molecule has 1 atom stereocenters. The Labute approximate surface area is 143 Å². The zero-order valence-electron chi connectivity index (χ0n) is 15.0. The molecule has 0 radical (unpaired) electrons. The number of hydrogen-bond donors (Lipinski definition) is 0. The van der Waals surface area contributed by atoms with Gasteiger partial charge in [0.15, 0.2) is 0 Å². The van der Waals surface area contributed by atoms with E-state index in [-0.39, 0.29) is 6.10 Å². The molecule has 1 fully saturated rings. The zero-order valence-corrected chi connectivity index (χ0v) is 15.0. The van der Waals surface area contributed by atoms with Crippen LogP contribution in [0.4, 0.5) is 0 Å². The lowest BCUT2D eigenvalue weighted by Gasteiger charge is -2.33. The molecule has 6 nitrogen and oxygen atoms in total. The van der Waals surface area contributed by atoms with Crippen LogP contribution in [0.5, 0.6) is 5.75 Å². The Morgan fingerprint density at radius 2 is 2.12 bits per heavy atom. The number of ether oxygens (including phenoxy) is 2. The lowest BCUT2D eigenvalue weighted by Crippen LogP contribution is -2.44. The Morgan fingerprint density at radius 3 is 2.83 bits per heavy atom. The third kappa shape index (κ3) is 3.76. The molecule has 2 aromatic heterocycles. The molecule has 3 heterocycles. The van der Waals surface area contributed by atoms with E-state index in [9.17, 15) is 0 Å². The first-order valence-corrected chi connectivity index (χ1v) is 8.39. The highest BCUT2D eigenvalue weighted by Gasteiger charge is 2.22. The van der Waals surface area contributed by atoms with Gasteiger partial charge in [0, 0.05) is 43.2 Å². The van der Waals surface area contributed by atoms with Gasteiger partial charge in [0.25, 0.3) is 0 Å². The molecule has 1 aliphatic rings. The summed E-state index contributed by atoms with van der Waals surface area (Å²) in [5.41, 5.74) is 4.46. The highest BCUT2D eigenvalue weighted by molar-refractivity contribution is 5.41. The molecule has 6 heteroatoms. The molecular weight excluding hydrogens is 304 g/mol. The maximum Gasteiger partial charge on any atom is 0.128 e. The van der Waals surface area contributed by atoms with Gasteiger partial charge >= 0.3 is 0 Å². The van der Waals surface area contributed by atoms with Crippen LogP contribution in [0, 0.1) is 20.8 Å². The van der Waals surface area contributed by atoms with Crippen molar-refractivity contribution >= 4 is 0 Å². The Balaban J connectivity index is 1.65. The van der Waals surface area contributed by atoms with E-state index >= 15 is 0 Å². The molecule has 3 rings (SSSR count). The number of nitrogens with zero attached hydrogens (tertiary/aromatic N) is 4. The fraction of sp³-hybridized carbons (Fsp3) is 0.556. The largest absolute Gasteiger partial charge is 0.496 e. The molecule has 0 N–H and O–H groups in total. The average Bonchev–Trinajstić information content (AvgIpc) is 2.96. The first-order valence-electron chi connectivity index (χ1n) is 8.39. The summed E-state index contributed by atoms with van der Waals surface area (Å²) in [5.74, 6) is 0.942. The molecule has 2 aromatic rings. The second kappa shape index (κ2) is 7.32. The standard InChI is InChI=1S/C18H26N4O2/c1-13-7-20-22(9-13)11-16-10-21(5-6-24-16)12-17-15(3)18(23-4)14(2)8-19-17/h7-9,16H,5-6,10-12H2,1-4H3/t16-/m0/s1. The number of methoxy groups -OCH3 is 1. The Hall–Kier alpha value is -1.92. The molecule has 0 bridgehead atoms. The van der Waals surface area contributed by atoms with Crippen LogP contribution < -0.4 is 4.74 Å². The molecule has 24 heavy (non-hydrogen) atoms. The number of pyridine rings is 1. The molecule has 0 aliphatic carbocycles. The normalized spacial score (nSPS) is 18.8. The maximum absolute atomic E-state index is 5.91. The fourth-order valence-electron chi connectivity index (χ4n) is 3.25. The van der Waals surface area contributed by atoms with Gasteiger partial charge in [-0.2, -0.15) is 5.10 Å². The van der Waals surface area contributed by atoms with E-state index < -0.39 is 0 Å². The van der Waals surface area contributed by atoms with Crippen LogP contribution in [0.25, 0.3) is 0 Å². The van der Waals surface area contributed by atoms with Crippen LogP contribution in [0.2, 0.25) is 0 Å². The van der Waals surface area contributed by atoms with Gasteiger partial charge in [-0.1, -0.05) is 0 Å². The molecular formula is C18H26N4O2. The summed E-state index contributed by atoms with van der Waals surface area (Å²) in [6.07, 6.45) is 5.99. The maximum atomic E-state index is 5.91. The van der Waals surface area contributed by atoms with Crippen LogP contribution in [0.15, 0.2) is 18.6 Å². The Morgan fingerprint density at radius 1 is 1.29 bits per heavy atom. The second-order valence-corrected chi connectivity index (χ2v) is 6.51.